The van der Waals surface area contributed by atoms with Crippen LogP contribution in [0.1, 0.15) is 69.5 Å². The SMILES string of the molecule is CC1CCCC(C#N)(C(O)c2ccc(C3CC3C)o2)C1. The molecule has 20 heavy (non-hydrogen) atoms. The van der Waals surface area contributed by atoms with E-state index in [9.17, 15) is 10.4 Å². The summed E-state index contributed by atoms with van der Waals surface area (Å²) in [4.78, 5) is 0. The first kappa shape index (κ1) is 13.7. The fourth-order valence-corrected chi connectivity index (χ4v) is 3.71. The van der Waals surface area contributed by atoms with Crippen molar-refractivity contribution in [2.24, 2.45) is 17.3 Å². The summed E-state index contributed by atoms with van der Waals surface area (Å²) in [6.45, 7) is 4.38. The molecule has 0 aliphatic heterocycles. The molecule has 2 fully saturated rings. The van der Waals surface area contributed by atoms with Gasteiger partial charge in [-0.3, -0.25) is 0 Å². The highest BCUT2D eigenvalue weighted by Crippen LogP contribution is 2.50. The van der Waals surface area contributed by atoms with Crippen molar-refractivity contribution in [3.8, 4) is 6.07 Å². The maximum atomic E-state index is 10.7. The van der Waals surface area contributed by atoms with E-state index in [1.165, 1.54) is 6.42 Å². The van der Waals surface area contributed by atoms with E-state index in [0.29, 0.717) is 23.5 Å². The molecule has 3 nitrogen and oxygen atoms in total. The van der Waals surface area contributed by atoms with Gasteiger partial charge in [0, 0.05) is 5.92 Å². The van der Waals surface area contributed by atoms with Gasteiger partial charge in [0.1, 0.15) is 17.6 Å². The molecule has 3 heteroatoms. The number of rotatable bonds is 3. The van der Waals surface area contributed by atoms with Gasteiger partial charge in [-0.15, -0.1) is 0 Å². The predicted octanol–water partition coefficient (Wildman–Crippen LogP) is 4.16. The van der Waals surface area contributed by atoms with Crippen molar-refractivity contribution in [3.63, 3.8) is 0 Å². The van der Waals surface area contributed by atoms with Gasteiger partial charge in [-0.1, -0.05) is 26.7 Å². The van der Waals surface area contributed by atoms with Gasteiger partial charge in [-0.05, 0) is 43.2 Å². The second kappa shape index (κ2) is 4.93. The summed E-state index contributed by atoms with van der Waals surface area (Å²) >= 11 is 0. The third-order valence-corrected chi connectivity index (χ3v) is 5.17. The molecule has 0 spiro atoms. The Hall–Kier alpha value is -1.27. The average Bonchev–Trinajstić information content (AvgIpc) is 2.99. The molecule has 5 atom stereocenters. The molecule has 1 aromatic rings. The van der Waals surface area contributed by atoms with Crippen molar-refractivity contribution in [1.82, 2.24) is 0 Å². The van der Waals surface area contributed by atoms with Crippen LogP contribution in [0, 0.1) is 28.6 Å². The smallest absolute Gasteiger partial charge is 0.134 e. The summed E-state index contributed by atoms with van der Waals surface area (Å²) < 4.78 is 5.85. The van der Waals surface area contributed by atoms with Gasteiger partial charge in [-0.25, -0.2) is 0 Å². The predicted molar refractivity (Wildman–Crippen MR) is 75.9 cm³/mol. The summed E-state index contributed by atoms with van der Waals surface area (Å²) in [7, 11) is 0. The zero-order valence-electron chi connectivity index (χ0n) is 12.3. The molecule has 2 aliphatic rings. The zero-order valence-corrected chi connectivity index (χ0v) is 12.3. The van der Waals surface area contributed by atoms with Crippen LogP contribution in [-0.4, -0.2) is 5.11 Å². The van der Waals surface area contributed by atoms with E-state index in [1.54, 1.807) is 0 Å². The average molecular weight is 273 g/mol. The number of furan rings is 1. The van der Waals surface area contributed by atoms with Crippen LogP contribution in [0.5, 0.6) is 0 Å². The lowest BCUT2D eigenvalue weighted by molar-refractivity contribution is 0.00665. The quantitative estimate of drug-likeness (QED) is 0.899. The molecule has 3 rings (SSSR count). The Balaban J connectivity index is 1.81. The van der Waals surface area contributed by atoms with E-state index in [0.717, 1.165) is 31.4 Å². The second-order valence-electron chi connectivity index (χ2n) is 6.93. The van der Waals surface area contributed by atoms with E-state index in [4.69, 9.17) is 4.42 Å². The minimum atomic E-state index is -0.793. The molecular weight excluding hydrogens is 250 g/mol. The Kier molecular flexibility index (Phi) is 3.38. The van der Waals surface area contributed by atoms with E-state index >= 15 is 0 Å². The molecule has 1 N–H and O–H groups in total. The van der Waals surface area contributed by atoms with E-state index in [1.807, 2.05) is 12.1 Å². The lowest BCUT2D eigenvalue weighted by Crippen LogP contribution is -2.32. The lowest BCUT2D eigenvalue weighted by Gasteiger charge is -2.37. The molecule has 0 aromatic carbocycles. The first-order chi connectivity index (χ1) is 9.55. The highest BCUT2D eigenvalue weighted by molar-refractivity contribution is 5.22. The summed E-state index contributed by atoms with van der Waals surface area (Å²) in [5, 5.41) is 20.3. The van der Waals surface area contributed by atoms with Gasteiger partial charge >= 0.3 is 0 Å². The molecule has 1 heterocycles. The monoisotopic (exact) mass is 273 g/mol. The Morgan fingerprint density at radius 1 is 1.45 bits per heavy atom. The van der Waals surface area contributed by atoms with Gasteiger partial charge in [0.15, 0.2) is 0 Å². The van der Waals surface area contributed by atoms with Gasteiger partial charge < -0.3 is 9.52 Å². The summed E-state index contributed by atoms with van der Waals surface area (Å²) in [5.74, 6) is 3.25. The van der Waals surface area contributed by atoms with E-state index in [2.05, 4.69) is 19.9 Å². The van der Waals surface area contributed by atoms with Crippen molar-refractivity contribution in [1.29, 1.82) is 5.26 Å². The van der Waals surface area contributed by atoms with E-state index < -0.39 is 11.5 Å². The minimum absolute atomic E-state index is 0.496. The highest BCUT2D eigenvalue weighted by atomic mass is 16.4. The van der Waals surface area contributed by atoms with Crippen molar-refractivity contribution in [3.05, 3.63) is 23.7 Å². The fourth-order valence-electron chi connectivity index (χ4n) is 3.71. The Labute approximate surface area is 120 Å². The molecule has 0 saturated heterocycles. The van der Waals surface area contributed by atoms with Crippen LogP contribution in [0.3, 0.4) is 0 Å². The number of hydrogen-bond acceptors (Lipinski definition) is 3. The summed E-state index contributed by atoms with van der Waals surface area (Å²) in [6, 6.07) is 6.24. The standard InChI is InChI=1S/C17H23NO2/c1-11-4-3-7-17(9-11,10-18)16(19)15-6-5-14(20-15)13-8-12(13)2/h5-6,11-13,16,19H,3-4,7-9H2,1-2H3. The van der Waals surface area contributed by atoms with Gasteiger partial charge in [-0.2, -0.15) is 5.26 Å². The summed E-state index contributed by atoms with van der Waals surface area (Å²) in [5.41, 5.74) is -0.665. The molecule has 2 aliphatic carbocycles. The van der Waals surface area contributed by atoms with Crippen molar-refractivity contribution < 1.29 is 9.52 Å². The number of aliphatic hydroxyl groups excluding tert-OH is 1. The Bertz CT molecular complexity index is 529. The molecule has 0 bridgehead atoms. The van der Waals surface area contributed by atoms with Crippen LogP contribution in [0.25, 0.3) is 0 Å². The van der Waals surface area contributed by atoms with Gasteiger partial charge in [0.25, 0.3) is 0 Å². The molecule has 108 valence electrons. The molecule has 2 saturated carbocycles. The number of aliphatic hydroxyl groups is 1. The van der Waals surface area contributed by atoms with Crippen LogP contribution in [0.2, 0.25) is 0 Å². The van der Waals surface area contributed by atoms with Crippen LogP contribution in [0.15, 0.2) is 16.5 Å². The lowest BCUT2D eigenvalue weighted by atomic mass is 9.67. The number of nitrogens with zero attached hydrogens (tertiary/aromatic N) is 1. The van der Waals surface area contributed by atoms with Crippen molar-refractivity contribution in [2.45, 2.75) is 58.0 Å². The molecule has 0 radical (unpaired) electrons. The first-order valence-electron chi connectivity index (χ1n) is 7.74. The van der Waals surface area contributed by atoms with Crippen molar-refractivity contribution >= 4 is 0 Å². The Morgan fingerprint density at radius 2 is 2.20 bits per heavy atom. The molecular formula is C17H23NO2. The van der Waals surface area contributed by atoms with Crippen LogP contribution in [-0.2, 0) is 0 Å². The third kappa shape index (κ3) is 2.27. The van der Waals surface area contributed by atoms with Crippen molar-refractivity contribution in [2.75, 3.05) is 0 Å². The Morgan fingerprint density at radius 3 is 2.80 bits per heavy atom. The zero-order chi connectivity index (χ0) is 14.3. The maximum absolute atomic E-state index is 10.7. The second-order valence-corrected chi connectivity index (χ2v) is 6.93. The molecule has 5 unspecified atom stereocenters. The van der Waals surface area contributed by atoms with Crippen LogP contribution < -0.4 is 0 Å². The summed E-state index contributed by atoms with van der Waals surface area (Å²) in [6.07, 6.45) is 4.07. The van der Waals surface area contributed by atoms with Crippen LogP contribution >= 0.6 is 0 Å². The molecule has 0 amide bonds. The largest absolute Gasteiger partial charge is 0.463 e. The number of hydrogen-bond donors (Lipinski definition) is 1. The maximum Gasteiger partial charge on any atom is 0.134 e. The first-order valence-corrected chi connectivity index (χ1v) is 7.74. The highest BCUT2D eigenvalue weighted by Gasteiger charge is 2.44. The third-order valence-electron chi connectivity index (χ3n) is 5.17. The normalized spacial score (nSPS) is 38.2. The van der Waals surface area contributed by atoms with Gasteiger partial charge in [0.05, 0.1) is 11.5 Å². The molecule has 1 aromatic heterocycles. The van der Waals surface area contributed by atoms with Gasteiger partial charge in [0.2, 0.25) is 0 Å². The van der Waals surface area contributed by atoms with E-state index in [-0.39, 0.29) is 0 Å². The minimum Gasteiger partial charge on any atom is -0.463 e. The fraction of sp³-hybridized carbons (Fsp3) is 0.706. The number of nitriles is 1. The topological polar surface area (TPSA) is 57.2 Å². The van der Waals surface area contributed by atoms with Crippen LogP contribution in [0.4, 0.5) is 0 Å².